The molecule has 0 bridgehead atoms. The number of nitrogens with two attached hydrogens (primary N) is 1. The zero-order valence-electron chi connectivity index (χ0n) is 12.0. The predicted molar refractivity (Wildman–Crippen MR) is 84.4 cm³/mol. The highest BCUT2D eigenvalue weighted by Gasteiger charge is 2.17. The fourth-order valence-corrected chi connectivity index (χ4v) is 3.14. The van der Waals surface area contributed by atoms with E-state index in [1.807, 2.05) is 32.9 Å². The number of rotatable bonds is 5. The van der Waals surface area contributed by atoms with Gasteiger partial charge in [-0.15, -0.1) is 11.3 Å². The molecule has 1 amide bonds. The first-order valence-corrected chi connectivity index (χ1v) is 7.51. The van der Waals surface area contributed by atoms with Gasteiger partial charge in [0.25, 0.3) is 5.91 Å². The Balaban J connectivity index is 2.20. The van der Waals surface area contributed by atoms with Gasteiger partial charge < -0.3 is 15.8 Å². The highest BCUT2D eigenvalue weighted by molar-refractivity contribution is 7.21. The summed E-state index contributed by atoms with van der Waals surface area (Å²) in [6.45, 7) is 7.03. The molecule has 2 aromatic rings. The maximum Gasteiger partial charge on any atom is 0.263 e. The number of hydrogen-bond donors (Lipinski definition) is 2. The van der Waals surface area contributed by atoms with Crippen molar-refractivity contribution >= 4 is 33.0 Å². The molecule has 0 saturated carbocycles. The minimum Gasteiger partial charge on any atom is -0.397 e. The molecule has 3 N–H and O–H groups in total. The summed E-state index contributed by atoms with van der Waals surface area (Å²) >= 11 is 1.43. The van der Waals surface area contributed by atoms with E-state index in [1.54, 1.807) is 0 Å². The van der Waals surface area contributed by atoms with Crippen molar-refractivity contribution in [3.05, 3.63) is 28.6 Å². The van der Waals surface area contributed by atoms with Crippen LogP contribution in [0.25, 0.3) is 10.1 Å². The number of nitrogens with one attached hydrogen (secondary N) is 1. The van der Waals surface area contributed by atoms with E-state index in [0.29, 0.717) is 23.8 Å². The van der Waals surface area contributed by atoms with Gasteiger partial charge in [-0.25, -0.2) is 0 Å². The molecule has 0 radical (unpaired) electrons. The van der Waals surface area contributed by atoms with Crippen molar-refractivity contribution in [1.29, 1.82) is 0 Å². The highest BCUT2D eigenvalue weighted by Crippen LogP contribution is 2.34. The summed E-state index contributed by atoms with van der Waals surface area (Å²) in [5, 5.41) is 3.86. The number of carbonyl (C=O) groups is 1. The van der Waals surface area contributed by atoms with E-state index in [0.717, 1.165) is 15.6 Å². The summed E-state index contributed by atoms with van der Waals surface area (Å²) in [4.78, 5) is 12.8. The van der Waals surface area contributed by atoms with Crippen molar-refractivity contribution in [3.8, 4) is 0 Å². The maximum absolute atomic E-state index is 12.3. The second kappa shape index (κ2) is 6.24. The van der Waals surface area contributed by atoms with Crippen LogP contribution >= 0.6 is 11.3 Å². The van der Waals surface area contributed by atoms with Gasteiger partial charge in [0.2, 0.25) is 0 Å². The largest absolute Gasteiger partial charge is 0.397 e. The summed E-state index contributed by atoms with van der Waals surface area (Å²) in [7, 11) is 0. The van der Waals surface area contributed by atoms with Crippen LogP contribution in [0.15, 0.2) is 18.2 Å². The molecule has 5 heteroatoms. The minimum atomic E-state index is -0.131. The van der Waals surface area contributed by atoms with Crippen LogP contribution in [0.1, 0.15) is 29.1 Å². The van der Waals surface area contributed by atoms with Crippen LogP contribution in [-0.2, 0) is 4.74 Å². The molecule has 0 aliphatic heterocycles. The monoisotopic (exact) mass is 292 g/mol. The van der Waals surface area contributed by atoms with Crippen LogP contribution in [0.3, 0.4) is 0 Å². The number of nitrogen functional groups attached to an aromatic ring is 1. The molecule has 1 aromatic heterocycles. The van der Waals surface area contributed by atoms with Gasteiger partial charge >= 0.3 is 0 Å². The van der Waals surface area contributed by atoms with Crippen LogP contribution in [0.4, 0.5) is 5.69 Å². The van der Waals surface area contributed by atoms with Gasteiger partial charge in [0, 0.05) is 22.7 Å². The molecule has 0 aliphatic rings. The minimum absolute atomic E-state index is 0.0335. The van der Waals surface area contributed by atoms with Gasteiger partial charge in [0.15, 0.2) is 0 Å². The van der Waals surface area contributed by atoms with Gasteiger partial charge in [-0.3, -0.25) is 4.79 Å². The first-order valence-electron chi connectivity index (χ1n) is 6.70. The van der Waals surface area contributed by atoms with E-state index < -0.39 is 0 Å². The van der Waals surface area contributed by atoms with E-state index in [-0.39, 0.29) is 11.9 Å². The standard InChI is InChI=1S/C15H20N2O2S/c1-4-19-8-10(3)17-15(18)14-13(16)11-6-5-9(2)7-12(11)20-14/h5-7,10H,4,8,16H2,1-3H3,(H,17,18). The highest BCUT2D eigenvalue weighted by atomic mass is 32.1. The lowest BCUT2D eigenvalue weighted by atomic mass is 10.1. The third-order valence-corrected chi connectivity index (χ3v) is 4.21. The molecular formula is C15H20N2O2S. The summed E-state index contributed by atoms with van der Waals surface area (Å²) < 4.78 is 6.34. The topological polar surface area (TPSA) is 64.3 Å². The second-order valence-corrected chi connectivity index (χ2v) is 5.93. The molecule has 4 nitrogen and oxygen atoms in total. The maximum atomic E-state index is 12.3. The Morgan fingerprint density at radius 3 is 2.95 bits per heavy atom. The van der Waals surface area contributed by atoms with Gasteiger partial charge in [-0.2, -0.15) is 0 Å². The van der Waals surface area contributed by atoms with E-state index in [9.17, 15) is 4.79 Å². The predicted octanol–water partition coefficient (Wildman–Crippen LogP) is 2.95. The van der Waals surface area contributed by atoms with Crippen molar-refractivity contribution in [1.82, 2.24) is 5.32 Å². The molecule has 1 unspecified atom stereocenters. The number of carbonyl (C=O) groups excluding carboxylic acids is 1. The van der Waals surface area contributed by atoms with Crippen LogP contribution in [0.5, 0.6) is 0 Å². The number of aryl methyl sites for hydroxylation is 1. The Labute approximate surface area is 122 Å². The van der Waals surface area contributed by atoms with Crippen LogP contribution in [-0.4, -0.2) is 25.2 Å². The Hall–Kier alpha value is -1.59. The normalized spacial score (nSPS) is 12.6. The van der Waals surface area contributed by atoms with E-state index in [1.165, 1.54) is 11.3 Å². The van der Waals surface area contributed by atoms with E-state index in [4.69, 9.17) is 10.5 Å². The zero-order chi connectivity index (χ0) is 14.7. The molecule has 1 aromatic carbocycles. The lowest BCUT2D eigenvalue weighted by Crippen LogP contribution is -2.35. The number of hydrogen-bond acceptors (Lipinski definition) is 4. The smallest absolute Gasteiger partial charge is 0.263 e. The van der Waals surface area contributed by atoms with Gasteiger partial charge in [-0.05, 0) is 32.4 Å². The SMILES string of the molecule is CCOCC(C)NC(=O)c1sc2cc(C)ccc2c1N. The van der Waals surface area contributed by atoms with Gasteiger partial charge in [0.05, 0.1) is 12.3 Å². The number of amides is 1. The Kier molecular flexibility index (Phi) is 4.62. The number of fused-ring (bicyclic) bond motifs is 1. The summed E-state index contributed by atoms with van der Waals surface area (Å²) in [6, 6.07) is 5.99. The third kappa shape index (κ3) is 3.11. The van der Waals surface area contributed by atoms with Crippen molar-refractivity contribution in [2.24, 2.45) is 0 Å². The number of anilines is 1. The van der Waals surface area contributed by atoms with E-state index >= 15 is 0 Å². The van der Waals surface area contributed by atoms with Crippen molar-refractivity contribution in [3.63, 3.8) is 0 Å². The lowest BCUT2D eigenvalue weighted by Gasteiger charge is -2.13. The van der Waals surface area contributed by atoms with Crippen LogP contribution in [0, 0.1) is 6.92 Å². The van der Waals surface area contributed by atoms with Crippen LogP contribution < -0.4 is 11.1 Å². The molecule has 108 valence electrons. The first kappa shape index (κ1) is 14.8. The third-order valence-electron chi connectivity index (χ3n) is 3.04. The molecule has 1 heterocycles. The molecule has 0 aliphatic carbocycles. The van der Waals surface area contributed by atoms with E-state index in [2.05, 4.69) is 11.4 Å². The van der Waals surface area contributed by atoms with Crippen molar-refractivity contribution in [2.75, 3.05) is 18.9 Å². The fourth-order valence-electron chi connectivity index (χ4n) is 2.02. The average Bonchev–Trinajstić information content (AvgIpc) is 2.73. The molecule has 20 heavy (non-hydrogen) atoms. The van der Waals surface area contributed by atoms with Crippen LogP contribution in [0.2, 0.25) is 0 Å². The Morgan fingerprint density at radius 1 is 1.50 bits per heavy atom. The summed E-state index contributed by atoms with van der Waals surface area (Å²) in [5.41, 5.74) is 7.81. The molecule has 0 fully saturated rings. The molecule has 2 rings (SSSR count). The lowest BCUT2D eigenvalue weighted by molar-refractivity contribution is 0.0876. The second-order valence-electron chi connectivity index (χ2n) is 4.88. The van der Waals surface area contributed by atoms with Gasteiger partial charge in [0.1, 0.15) is 4.88 Å². The zero-order valence-corrected chi connectivity index (χ0v) is 12.8. The van der Waals surface area contributed by atoms with Crippen molar-refractivity contribution in [2.45, 2.75) is 26.8 Å². The first-order chi connectivity index (χ1) is 9.52. The Bertz CT molecular complexity index is 622. The number of benzene rings is 1. The quantitative estimate of drug-likeness (QED) is 0.890. The molecule has 1 atom stereocenters. The average molecular weight is 292 g/mol. The molecular weight excluding hydrogens is 272 g/mol. The summed E-state index contributed by atoms with van der Waals surface area (Å²) in [5.74, 6) is -0.131. The fraction of sp³-hybridized carbons (Fsp3) is 0.400. The Morgan fingerprint density at radius 2 is 2.25 bits per heavy atom. The molecule has 0 spiro atoms. The number of ether oxygens (including phenoxy) is 1. The molecule has 0 saturated heterocycles. The van der Waals surface area contributed by atoms with Gasteiger partial charge in [-0.1, -0.05) is 12.1 Å². The van der Waals surface area contributed by atoms with Crippen molar-refractivity contribution < 1.29 is 9.53 Å². The number of thiophene rings is 1. The summed E-state index contributed by atoms with van der Waals surface area (Å²) in [6.07, 6.45) is 0.